The Morgan fingerprint density at radius 1 is 1.50 bits per heavy atom. The second-order valence-electron chi connectivity index (χ2n) is 7.28. The number of hydrogen-bond donors (Lipinski definition) is 1. The fourth-order valence-corrected chi connectivity index (χ4v) is 3.19. The topological polar surface area (TPSA) is 84.7 Å². The van der Waals surface area contributed by atoms with E-state index in [4.69, 9.17) is 4.74 Å². The van der Waals surface area contributed by atoms with Gasteiger partial charge in [-0.3, -0.25) is 10.1 Å². The summed E-state index contributed by atoms with van der Waals surface area (Å²) in [6.45, 7) is 5.97. The number of alkyl carbamates (subject to hydrolysis) is 1. The molecule has 2 atom stereocenters. The van der Waals surface area contributed by atoms with Gasteiger partial charge in [-0.2, -0.15) is 0 Å². The standard InChI is InChI=1S/C17H23BrFN3O4/c1-17(2,3)26-16(23)20-9-11-6-7-21(10-13(11)19)14-5-4-12(18)8-15(14)22(24)25/h4-5,8,11,13H,6-7,9-10H2,1-3H3,(H,20,23). The lowest BCUT2D eigenvalue weighted by Crippen LogP contribution is -2.46. The third kappa shape index (κ3) is 5.55. The summed E-state index contributed by atoms with van der Waals surface area (Å²) in [5, 5.41) is 13.9. The minimum absolute atomic E-state index is 0.0448. The molecule has 1 saturated heterocycles. The molecule has 1 aromatic rings. The van der Waals surface area contributed by atoms with Gasteiger partial charge in [-0.1, -0.05) is 15.9 Å². The number of nitrogens with zero attached hydrogens (tertiary/aromatic N) is 2. The number of nitro benzene ring substituents is 1. The minimum atomic E-state index is -1.21. The van der Waals surface area contributed by atoms with Crippen LogP contribution in [0.1, 0.15) is 27.2 Å². The molecule has 2 unspecified atom stereocenters. The zero-order valence-electron chi connectivity index (χ0n) is 15.0. The van der Waals surface area contributed by atoms with E-state index in [0.29, 0.717) is 23.1 Å². The third-order valence-corrected chi connectivity index (χ3v) is 4.55. The molecule has 1 aromatic carbocycles. The van der Waals surface area contributed by atoms with E-state index < -0.39 is 22.8 Å². The van der Waals surface area contributed by atoms with Gasteiger partial charge in [0.25, 0.3) is 5.69 Å². The van der Waals surface area contributed by atoms with E-state index in [-0.39, 0.29) is 24.7 Å². The first kappa shape index (κ1) is 20.4. The van der Waals surface area contributed by atoms with Crippen LogP contribution in [0.15, 0.2) is 22.7 Å². The van der Waals surface area contributed by atoms with Gasteiger partial charge < -0.3 is 15.0 Å². The SMILES string of the molecule is CC(C)(C)OC(=O)NCC1CCN(c2ccc(Br)cc2[N+](=O)[O-])CC1F. The number of alkyl halides is 1. The van der Waals surface area contributed by atoms with Crippen molar-refractivity contribution >= 4 is 33.4 Å². The number of anilines is 1. The van der Waals surface area contributed by atoms with E-state index >= 15 is 0 Å². The first-order valence-corrected chi connectivity index (χ1v) is 9.16. The number of hydrogen-bond acceptors (Lipinski definition) is 5. The van der Waals surface area contributed by atoms with Crippen LogP contribution in [0.4, 0.5) is 20.6 Å². The smallest absolute Gasteiger partial charge is 0.407 e. The van der Waals surface area contributed by atoms with Gasteiger partial charge in [-0.05, 0) is 39.3 Å². The van der Waals surface area contributed by atoms with Crippen LogP contribution in [-0.4, -0.2) is 42.4 Å². The molecule has 1 fully saturated rings. The molecule has 0 aliphatic carbocycles. The number of nitrogens with one attached hydrogen (secondary N) is 1. The van der Waals surface area contributed by atoms with Crippen LogP contribution >= 0.6 is 15.9 Å². The van der Waals surface area contributed by atoms with E-state index in [1.807, 2.05) is 0 Å². The maximum absolute atomic E-state index is 14.6. The van der Waals surface area contributed by atoms with Crippen molar-refractivity contribution in [2.24, 2.45) is 5.92 Å². The Kier molecular flexibility index (Phi) is 6.44. The van der Waals surface area contributed by atoms with Crippen molar-refractivity contribution in [1.82, 2.24) is 5.32 Å². The number of nitro groups is 1. The summed E-state index contributed by atoms with van der Waals surface area (Å²) < 4.78 is 20.3. The van der Waals surface area contributed by atoms with Crippen molar-refractivity contribution in [2.45, 2.75) is 39.0 Å². The van der Waals surface area contributed by atoms with E-state index in [0.717, 1.165) is 0 Å². The Morgan fingerprint density at radius 2 is 2.19 bits per heavy atom. The second kappa shape index (κ2) is 8.20. The number of rotatable bonds is 4. The summed E-state index contributed by atoms with van der Waals surface area (Å²) in [5.74, 6) is -0.353. The molecular weight excluding hydrogens is 409 g/mol. The van der Waals surface area contributed by atoms with Crippen molar-refractivity contribution in [3.05, 3.63) is 32.8 Å². The summed E-state index contributed by atoms with van der Waals surface area (Å²) in [6, 6.07) is 4.73. The molecule has 1 heterocycles. The number of carbonyl (C=O) groups excluding carboxylic acids is 1. The monoisotopic (exact) mass is 431 g/mol. The fraction of sp³-hybridized carbons (Fsp3) is 0.588. The highest BCUT2D eigenvalue weighted by Crippen LogP contribution is 2.34. The summed E-state index contributed by atoms with van der Waals surface area (Å²) >= 11 is 3.22. The molecule has 7 nitrogen and oxygen atoms in total. The predicted octanol–water partition coefficient (Wildman–Crippen LogP) is 4.05. The number of piperidine rings is 1. The van der Waals surface area contributed by atoms with E-state index in [2.05, 4.69) is 21.2 Å². The molecule has 0 saturated carbocycles. The van der Waals surface area contributed by atoms with Gasteiger partial charge in [0.05, 0.1) is 4.92 Å². The lowest BCUT2D eigenvalue weighted by molar-refractivity contribution is -0.384. The van der Waals surface area contributed by atoms with Crippen LogP contribution < -0.4 is 10.2 Å². The Morgan fingerprint density at radius 3 is 2.77 bits per heavy atom. The normalized spacial score (nSPS) is 20.6. The lowest BCUT2D eigenvalue weighted by atomic mass is 9.94. The van der Waals surface area contributed by atoms with Gasteiger partial charge in [-0.15, -0.1) is 0 Å². The number of carbonyl (C=O) groups is 1. The molecule has 1 N–H and O–H groups in total. The zero-order chi connectivity index (χ0) is 19.5. The molecule has 2 rings (SSSR count). The minimum Gasteiger partial charge on any atom is -0.444 e. The lowest BCUT2D eigenvalue weighted by Gasteiger charge is -2.36. The first-order valence-electron chi connectivity index (χ1n) is 8.36. The molecule has 1 aliphatic rings. The van der Waals surface area contributed by atoms with Crippen molar-refractivity contribution < 1.29 is 18.8 Å². The van der Waals surface area contributed by atoms with Gasteiger partial charge in [0.2, 0.25) is 0 Å². The fourth-order valence-electron chi connectivity index (χ4n) is 2.84. The van der Waals surface area contributed by atoms with Crippen LogP contribution in [0.25, 0.3) is 0 Å². The molecule has 1 aliphatic heterocycles. The van der Waals surface area contributed by atoms with Crippen molar-refractivity contribution in [2.75, 3.05) is 24.5 Å². The molecule has 1 amide bonds. The van der Waals surface area contributed by atoms with Crippen LogP contribution in [0, 0.1) is 16.0 Å². The van der Waals surface area contributed by atoms with Gasteiger partial charge >= 0.3 is 6.09 Å². The predicted molar refractivity (Wildman–Crippen MR) is 100 cm³/mol. The highest BCUT2D eigenvalue weighted by atomic mass is 79.9. The molecule has 144 valence electrons. The van der Waals surface area contributed by atoms with E-state index in [1.54, 1.807) is 37.8 Å². The Balaban J connectivity index is 1.97. The number of benzene rings is 1. The van der Waals surface area contributed by atoms with Crippen molar-refractivity contribution in [1.29, 1.82) is 0 Å². The Hall–Kier alpha value is -1.90. The largest absolute Gasteiger partial charge is 0.444 e. The highest BCUT2D eigenvalue weighted by molar-refractivity contribution is 9.10. The van der Waals surface area contributed by atoms with Gasteiger partial charge in [0, 0.05) is 36.1 Å². The van der Waals surface area contributed by atoms with Crippen LogP contribution in [0.3, 0.4) is 0 Å². The Labute approximate surface area is 160 Å². The van der Waals surface area contributed by atoms with Crippen LogP contribution in [0.5, 0.6) is 0 Å². The molecule has 0 bridgehead atoms. The van der Waals surface area contributed by atoms with E-state index in [1.165, 1.54) is 6.07 Å². The maximum atomic E-state index is 14.6. The number of halogens is 2. The molecule has 9 heteroatoms. The van der Waals surface area contributed by atoms with Crippen LogP contribution in [0.2, 0.25) is 0 Å². The first-order chi connectivity index (χ1) is 12.1. The second-order valence-corrected chi connectivity index (χ2v) is 8.20. The average Bonchev–Trinajstić information content (AvgIpc) is 2.52. The Bertz CT molecular complexity index is 680. The third-order valence-electron chi connectivity index (χ3n) is 4.06. The molecular formula is C17H23BrFN3O4. The summed E-state index contributed by atoms with van der Waals surface area (Å²) in [7, 11) is 0. The number of amides is 1. The van der Waals surface area contributed by atoms with Gasteiger partial charge in [0.1, 0.15) is 17.5 Å². The number of ether oxygens (including phenoxy) is 1. The molecule has 0 aromatic heterocycles. The highest BCUT2D eigenvalue weighted by Gasteiger charge is 2.32. The average molecular weight is 432 g/mol. The van der Waals surface area contributed by atoms with E-state index in [9.17, 15) is 19.3 Å². The summed E-state index contributed by atoms with van der Waals surface area (Å²) in [6.07, 6.45) is -1.30. The summed E-state index contributed by atoms with van der Waals surface area (Å²) in [4.78, 5) is 24.2. The molecule has 0 radical (unpaired) electrons. The van der Waals surface area contributed by atoms with Crippen LogP contribution in [-0.2, 0) is 4.74 Å². The molecule has 26 heavy (non-hydrogen) atoms. The van der Waals surface area contributed by atoms with Gasteiger partial charge in [0.15, 0.2) is 0 Å². The summed E-state index contributed by atoms with van der Waals surface area (Å²) in [5.41, 5.74) is -0.264. The van der Waals surface area contributed by atoms with Crippen molar-refractivity contribution in [3.63, 3.8) is 0 Å². The van der Waals surface area contributed by atoms with Crippen molar-refractivity contribution in [3.8, 4) is 0 Å². The zero-order valence-corrected chi connectivity index (χ0v) is 16.6. The van der Waals surface area contributed by atoms with Gasteiger partial charge in [-0.25, -0.2) is 9.18 Å². The quantitative estimate of drug-likeness (QED) is 0.573. The molecule has 0 spiro atoms. The maximum Gasteiger partial charge on any atom is 0.407 e.